The zero-order valence-electron chi connectivity index (χ0n) is 28.8. The highest BCUT2D eigenvalue weighted by Gasteiger charge is 2.23. The Morgan fingerprint density at radius 3 is 2.28 bits per heavy atom. The van der Waals surface area contributed by atoms with E-state index in [1.165, 1.54) is 6.20 Å². The summed E-state index contributed by atoms with van der Waals surface area (Å²) in [6, 6.07) is 20.0. The van der Waals surface area contributed by atoms with Crippen LogP contribution in [0.1, 0.15) is 52.6 Å². The number of ether oxygens (including phenoxy) is 3. The molecule has 50 heavy (non-hydrogen) atoms. The summed E-state index contributed by atoms with van der Waals surface area (Å²) < 4.78 is 18.9. The molecule has 0 bridgehead atoms. The normalized spacial score (nSPS) is 17.9. The lowest BCUT2D eigenvalue weighted by Gasteiger charge is -2.20. The molecule has 2 unspecified atom stereocenters. The molecule has 4 aromatic rings. The zero-order valence-corrected chi connectivity index (χ0v) is 29.5. The van der Waals surface area contributed by atoms with Crippen molar-refractivity contribution in [3.63, 3.8) is 0 Å². The summed E-state index contributed by atoms with van der Waals surface area (Å²) in [6.45, 7) is 9.96. The third kappa shape index (κ3) is 8.94. The number of rotatable bonds is 14. The van der Waals surface area contributed by atoms with Crippen LogP contribution in [0.15, 0.2) is 67.0 Å². The molecule has 0 amide bonds. The first-order chi connectivity index (χ1) is 24.3. The number of likely N-dealkylation sites (tertiary alicyclic amines) is 2. The quantitative estimate of drug-likeness (QED) is 0.144. The summed E-state index contributed by atoms with van der Waals surface area (Å²) in [4.78, 5) is 8.63. The number of hydrogen-bond donors (Lipinski definition) is 2. The molecule has 2 aliphatic rings. The summed E-state index contributed by atoms with van der Waals surface area (Å²) in [5.74, 6) is 2.02. The fraction of sp³-hybridized carbons (Fsp3) is 0.400. The van der Waals surface area contributed by atoms with Gasteiger partial charge in [-0.2, -0.15) is 5.26 Å². The second-order valence-electron chi connectivity index (χ2n) is 13.3. The number of pyridine rings is 1. The van der Waals surface area contributed by atoms with Gasteiger partial charge >= 0.3 is 0 Å². The number of hydrogen-bond acceptors (Lipinski definition) is 9. The van der Waals surface area contributed by atoms with Crippen molar-refractivity contribution in [2.24, 2.45) is 0 Å². The Morgan fingerprint density at radius 1 is 0.820 bits per heavy atom. The second-order valence-corrected chi connectivity index (χ2v) is 13.7. The first-order valence-electron chi connectivity index (χ1n) is 17.3. The predicted octanol–water partition coefficient (Wildman–Crippen LogP) is 6.45. The topological polar surface area (TPSA) is 111 Å². The molecule has 10 heteroatoms. The molecule has 2 saturated heterocycles. The second kappa shape index (κ2) is 16.7. The molecule has 3 heterocycles. The van der Waals surface area contributed by atoms with Crippen molar-refractivity contribution in [2.75, 3.05) is 39.3 Å². The minimum absolute atomic E-state index is 0.201. The molecule has 2 N–H and O–H groups in total. The van der Waals surface area contributed by atoms with E-state index in [0.29, 0.717) is 48.4 Å². The van der Waals surface area contributed by atoms with Crippen molar-refractivity contribution < 1.29 is 24.4 Å². The molecule has 2 aliphatic heterocycles. The van der Waals surface area contributed by atoms with Gasteiger partial charge in [-0.1, -0.05) is 41.9 Å². The fourth-order valence-corrected chi connectivity index (χ4v) is 7.01. The smallest absolute Gasteiger partial charge is 0.142 e. The number of benzene rings is 3. The van der Waals surface area contributed by atoms with Gasteiger partial charge < -0.3 is 29.3 Å². The third-order valence-corrected chi connectivity index (χ3v) is 9.90. The van der Waals surface area contributed by atoms with Gasteiger partial charge in [0, 0.05) is 68.9 Å². The number of halogens is 1. The van der Waals surface area contributed by atoms with Crippen molar-refractivity contribution in [1.29, 1.82) is 5.26 Å². The number of aromatic nitrogens is 1. The van der Waals surface area contributed by atoms with Crippen molar-refractivity contribution in [2.45, 2.75) is 65.1 Å². The van der Waals surface area contributed by atoms with Crippen LogP contribution in [-0.4, -0.2) is 76.5 Å². The molecular weight excluding hydrogens is 652 g/mol. The van der Waals surface area contributed by atoms with E-state index >= 15 is 0 Å². The van der Waals surface area contributed by atoms with E-state index < -0.39 is 0 Å². The van der Waals surface area contributed by atoms with Gasteiger partial charge in [0.1, 0.15) is 36.5 Å². The lowest BCUT2D eigenvalue weighted by molar-refractivity contribution is 0.173. The van der Waals surface area contributed by atoms with Gasteiger partial charge in [-0.15, -0.1) is 0 Å². The molecule has 0 saturated carbocycles. The third-order valence-electron chi connectivity index (χ3n) is 9.60. The van der Waals surface area contributed by atoms with Crippen LogP contribution in [0.2, 0.25) is 5.02 Å². The van der Waals surface area contributed by atoms with Crippen molar-refractivity contribution >= 4 is 11.6 Å². The molecule has 2 atom stereocenters. The summed E-state index contributed by atoms with van der Waals surface area (Å²) in [6.07, 6.45) is 5.17. The molecule has 2 fully saturated rings. The summed E-state index contributed by atoms with van der Waals surface area (Å²) in [5, 5.41) is 29.7. The first-order valence-corrected chi connectivity index (χ1v) is 17.7. The molecule has 0 aliphatic carbocycles. The van der Waals surface area contributed by atoms with E-state index in [9.17, 15) is 15.5 Å². The van der Waals surface area contributed by atoms with Crippen LogP contribution in [0.25, 0.3) is 11.1 Å². The van der Waals surface area contributed by atoms with Gasteiger partial charge in [-0.3, -0.25) is 9.88 Å². The monoisotopic (exact) mass is 696 g/mol. The largest absolute Gasteiger partial charge is 0.493 e. The Kier molecular flexibility index (Phi) is 11.9. The number of nitriles is 1. The van der Waals surface area contributed by atoms with Gasteiger partial charge in [-0.05, 0) is 79.1 Å². The minimum atomic E-state index is -0.337. The maximum absolute atomic E-state index is 10.1. The lowest BCUT2D eigenvalue weighted by Crippen LogP contribution is -2.24. The van der Waals surface area contributed by atoms with Crippen molar-refractivity contribution in [3.05, 3.63) is 105 Å². The molecular formula is C40H45ClN4O5. The number of aliphatic hydroxyl groups excluding tert-OH is 2. The van der Waals surface area contributed by atoms with Crippen LogP contribution < -0.4 is 14.2 Å². The van der Waals surface area contributed by atoms with E-state index in [1.807, 2.05) is 30.3 Å². The molecule has 262 valence electrons. The van der Waals surface area contributed by atoms with Crippen LogP contribution in [0, 0.1) is 25.2 Å². The van der Waals surface area contributed by atoms with Gasteiger partial charge in [0.25, 0.3) is 0 Å². The SMILES string of the molecule is Cc1c(COc2cc(OCc3cncc(C#N)c3)c(CN3CCC(O)C3)cc2Cl)cccc1-c1cccc(OCCCN2CCC(O)C2)c1C. The Hall–Kier alpha value is -4.17. The van der Waals surface area contributed by atoms with Crippen LogP contribution in [-0.2, 0) is 19.8 Å². The summed E-state index contributed by atoms with van der Waals surface area (Å²) >= 11 is 6.82. The highest BCUT2D eigenvalue weighted by Crippen LogP contribution is 2.37. The van der Waals surface area contributed by atoms with Crippen LogP contribution in [0.4, 0.5) is 0 Å². The molecule has 1 aromatic heterocycles. The van der Waals surface area contributed by atoms with E-state index in [1.54, 1.807) is 12.3 Å². The Balaban J connectivity index is 1.16. The van der Waals surface area contributed by atoms with E-state index in [0.717, 1.165) is 90.1 Å². The summed E-state index contributed by atoms with van der Waals surface area (Å²) in [5.41, 5.74) is 7.62. The van der Waals surface area contributed by atoms with E-state index in [2.05, 4.69) is 52.9 Å². The maximum atomic E-state index is 10.1. The molecule has 0 spiro atoms. The van der Waals surface area contributed by atoms with Gasteiger partial charge in [-0.25, -0.2) is 0 Å². The van der Waals surface area contributed by atoms with Gasteiger partial charge in [0.2, 0.25) is 0 Å². The van der Waals surface area contributed by atoms with Crippen LogP contribution >= 0.6 is 11.6 Å². The first kappa shape index (κ1) is 35.6. The molecule has 6 rings (SSSR count). The highest BCUT2D eigenvalue weighted by atomic mass is 35.5. The van der Waals surface area contributed by atoms with Crippen molar-refractivity contribution in [1.82, 2.24) is 14.8 Å². The van der Waals surface area contributed by atoms with Gasteiger partial charge in [0.05, 0.1) is 29.4 Å². The molecule has 0 radical (unpaired) electrons. The van der Waals surface area contributed by atoms with Crippen molar-refractivity contribution in [3.8, 4) is 34.4 Å². The highest BCUT2D eigenvalue weighted by molar-refractivity contribution is 6.32. The molecule has 3 aromatic carbocycles. The Labute approximate surface area is 299 Å². The molecule has 9 nitrogen and oxygen atoms in total. The number of β-amino-alcohol motifs (C(OH)–C–C–N with tert-alkyl or cyclic N) is 2. The minimum Gasteiger partial charge on any atom is -0.493 e. The predicted molar refractivity (Wildman–Crippen MR) is 193 cm³/mol. The lowest BCUT2D eigenvalue weighted by atomic mass is 9.93. The Bertz CT molecular complexity index is 1830. The average molecular weight is 697 g/mol. The Morgan fingerprint density at radius 2 is 1.54 bits per heavy atom. The average Bonchev–Trinajstić information content (AvgIpc) is 3.73. The maximum Gasteiger partial charge on any atom is 0.142 e. The number of nitrogens with zero attached hydrogens (tertiary/aromatic N) is 4. The number of aliphatic hydroxyl groups is 2. The van der Waals surface area contributed by atoms with E-state index in [4.69, 9.17) is 25.8 Å². The van der Waals surface area contributed by atoms with E-state index in [-0.39, 0.29) is 18.8 Å². The van der Waals surface area contributed by atoms with Gasteiger partial charge in [0.15, 0.2) is 0 Å². The standard InChI is InChI=1S/C40H45ClN4O5/c1-27-31(6-3-7-35(27)36-8-4-9-38(28(36)2)48-15-5-12-44-13-10-33(46)23-44)26-50-40-18-39(49-25-30-16-29(19-42)20-43-21-30)32(17-37(40)41)22-45-14-11-34(47)24-45/h3-4,6-9,16-18,20-21,33-34,46-47H,5,10-15,22-26H2,1-2H3. The fourth-order valence-electron chi connectivity index (χ4n) is 6.77. The van der Waals surface area contributed by atoms with Crippen LogP contribution in [0.5, 0.6) is 17.2 Å². The zero-order chi connectivity index (χ0) is 35.0. The van der Waals surface area contributed by atoms with Crippen LogP contribution in [0.3, 0.4) is 0 Å². The summed E-state index contributed by atoms with van der Waals surface area (Å²) in [7, 11) is 0.